The molecule has 4 rings (SSSR count). The number of ether oxygens (including phenoxy) is 1. The minimum Gasteiger partial charge on any atom is -0.457 e. The topological polar surface area (TPSA) is 91.0 Å². The number of benzene rings is 3. The van der Waals surface area contributed by atoms with E-state index in [4.69, 9.17) is 4.74 Å². The average molecular weight is 629 g/mol. The number of hydrogen-bond acceptors (Lipinski definition) is 5. The molecule has 1 saturated heterocycles. The number of rotatable bonds is 11. The summed E-state index contributed by atoms with van der Waals surface area (Å²) < 4.78 is 31.2. The molecule has 0 spiro atoms. The number of nitrogens with one attached hydrogen (secondary N) is 2. The number of carbonyl (C=O) groups is 1. The Morgan fingerprint density at radius 2 is 1.51 bits per heavy atom. The Kier molecular flexibility index (Phi) is 12.3. The molecule has 10 heteroatoms. The molecular weight excluding hydrogens is 584 g/mol. The number of anilines is 2. The van der Waals surface area contributed by atoms with Crippen molar-refractivity contribution in [3.63, 3.8) is 0 Å². The summed E-state index contributed by atoms with van der Waals surface area (Å²) in [5, 5.41) is 3.23. The Labute approximate surface area is 263 Å². The minimum absolute atomic E-state index is 0. The van der Waals surface area contributed by atoms with Gasteiger partial charge in [-0.2, -0.15) is 0 Å². The maximum atomic E-state index is 13.5. The summed E-state index contributed by atoms with van der Waals surface area (Å²) in [5.41, 5.74) is 6.04. The van der Waals surface area contributed by atoms with E-state index in [9.17, 15) is 13.2 Å². The Morgan fingerprint density at radius 1 is 0.953 bits per heavy atom. The highest BCUT2D eigenvalue weighted by atomic mass is 35.5. The van der Waals surface area contributed by atoms with Crippen molar-refractivity contribution in [3.8, 4) is 11.5 Å². The zero-order chi connectivity index (χ0) is 30.3. The third kappa shape index (κ3) is 10.2. The highest BCUT2D eigenvalue weighted by Crippen LogP contribution is 2.26. The smallest absolute Gasteiger partial charge is 0.322 e. The first kappa shape index (κ1) is 34.2. The quantitative estimate of drug-likeness (QED) is 0.229. The third-order valence-corrected chi connectivity index (χ3v) is 8.25. The fourth-order valence-electron chi connectivity index (χ4n) is 5.59. The first-order valence-corrected chi connectivity index (χ1v) is 16.6. The van der Waals surface area contributed by atoms with Crippen LogP contribution in [0.25, 0.3) is 0 Å². The molecule has 8 nitrogen and oxygen atoms in total. The van der Waals surface area contributed by atoms with E-state index < -0.39 is 10.0 Å². The van der Waals surface area contributed by atoms with Gasteiger partial charge >= 0.3 is 6.03 Å². The Morgan fingerprint density at radius 3 is 2.05 bits per heavy atom. The van der Waals surface area contributed by atoms with Gasteiger partial charge in [0.15, 0.2) is 0 Å². The van der Waals surface area contributed by atoms with Crippen LogP contribution in [0.1, 0.15) is 54.9 Å². The highest BCUT2D eigenvalue weighted by Gasteiger charge is 2.28. The molecule has 3 aromatic rings. The van der Waals surface area contributed by atoms with Gasteiger partial charge in [0, 0.05) is 43.6 Å². The van der Waals surface area contributed by atoms with E-state index in [-0.39, 0.29) is 24.5 Å². The van der Waals surface area contributed by atoms with Gasteiger partial charge in [-0.05, 0) is 93.1 Å². The van der Waals surface area contributed by atoms with Crippen LogP contribution in [0.15, 0.2) is 60.7 Å². The molecule has 0 radical (unpaired) electrons. The van der Waals surface area contributed by atoms with Crippen LogP contribution in [0, 0.1) is 20.8 Å². The molecule has 0 bridgehead atoms. The first-order chi connectivity index (χ1) is 20.0. The summed E-state index contributed by atoms with van der Waals surface area (Å²) in [7, 11) is -3.31. The number of hydrogen-bond donors (Lipinski definition) is 2. The lowest BCUT2D eigenvalue weighted by Crippen LogP contribution is -2.49. The Bertz CT molecular complexity index is 1430. The van der Waals surface area contributed by atoms with Gasteiger partial charge in [0.2, 0.25) is 10.0 Å². The second-order valence-corrected chi connectivity index (χ2v) is 13.2. The van der Waals surface area contributed by atoms with Gasteiger partial charge in [0.1, 0.15) is 11.5 Å². The van der Waals surface area contributed by atoms with Crippen LogP contribution in [-0.2, 0) is 16.6 Å². The molecule has 0 saturated carbocycles. The molecule has 43 heavy (non-hydrogen) atoms. The SMILES string of the molecule is CCCCN(C(=O)Nc1c(C)cc(C)cc1C)C1CCN(Cc2ccc(Oc3ccc(NS(C)(=O)=O)cc3)cc2)CC1.Cl. The number of sulfonamides is 1. The van der Waals surface area contributed by atoms with E-state index in [2.05, 4.69) is 71.8 Å². The van der Waals surface area contributed by atoms with Crippen LogP contribution in [0.3, 0.4) is 0 Å². The molecule has 0 atom stereocenters. The molecule has 0 aromatic heterocycles. The number of halogens is 1. The monoisotopic (exact) mass is 628 g/mol. The second-order valence-electron chi connectivity index (χ2n) is 11.4. The fourth-order valence-corrected chi connectivity index (χ4v) is 6.15. The largest absolute Gasteiger partial charge is 0.457 e. The van der Waals surface area contributed by atoms with Crippen molar-refractivity contribution < 1.29 is 17.9 Å². The Hall–Kier alpha value is -3.27. The van der Waals surface area contributed by atoms with Gasteiger partial charge in [0.05, 0.1) is 6.26 Å². The lowest BCUT2D eigenvalue weighted by Gasteiger charge is -2.38. The molecule has 3 aromatic carbocycles. The first-order valence-electron chi connectivity index (χ1n) is 14.7. The summed E-state index contributed by atoms with van der Waals surface area (Å²) in [4.78, 5) is 18.0. The number of unbranched alkanes of at least 4 members (excludes halogenated alkanes) is 1. The zero-order valence-corrected chi connectivity index (χ0v) is 27.5. The van der Waals surface area contributed by atoms with Gasteiger partial charge < -0.3 is 15.0 Å². The van der Waals surface area contributed by atoms with E-state index in [1.54, 1.807) is 24.3 Å². The van der Waals surface area contributed by atoms with Gasteiger partial charge in [-0.15, -0.1) is 12.4 Å². The van der Waals surface area contributed by atoms with Crippen LogP contribution in [0.2, 0.25) is 0 Å². The van der Waals surface area contributed by atoms with Crippen molar-refractivity contribution >= 4 is 39.8 Å². The van der Waals surface area contributed by atoms with Crippen LogP contribution in [-0.4, -0.2) is 56.2 Å². The van der Waals surface area contributed by atoms with E-state index in [0.717, 1.165) is 80.7 Å². The summed E-state index contributed by atoms with van der Waals surface area (Å²) >= 11 is 0. The van der Waals surface area contributed by atoms with Gasteiger partial charge in [-0.1, -0.05) is 43.2 Å². The number of piperidine rings is 1. The molecule has 1 aliphatic rings. The molecule has 1 fully saturated rings. The van der Waals surface area contributed by atoms with Crippen LogP contribution in [0.5, 0.6) is 11.5 Å². The summed E-state index contributed by atoms with van der Waals surface area (Å²) in [5.74, 6) is 1.35. The number of aryl methyl sites for hydroxylation is 3. The van der Waals surface area contributed by atoms with Gasteiger partial charge in [-0.3, -0.25) is 9.62 Å². The predicted molar refractivity (Wildman–Crippen MR) is 178 cm³/mol. The summed E-state index contributed by atoms with van der Waals surface area (Å²) in [6.45, 7) is 11.9. The number of amides is 2. The molecule has 1 aliphatic heterocycles. The predicted octanol–water partition coefficient (Wildman–Crippen LogP) is 7.50. The van der Waals surface area contributed by atoms with Crippen molar-refractivity contribution in [2.75, 3.05) is 35.9 Å². The molecule has 2 amide bonds. The Balaban J connectivity index is 0.00000506. The fraction of sp³-hybridized carbons (Fsp3) is 0.424. The molecule has 234 valence electrons. The number of carbonyl (C=O) groups excluding carboxylic acids is 1. The summed E-state index contributed by atoms with van der Waals surface area (Å²) in [6, 6.07) is 19.4. The molecule has 2 N–H and O–H groups in total. The zero-order valence-electron chi connectivity index (χ0n) is 25.9. The van der Waals surface area contributed by atoms with Crippen molar-refractivity contribution in [1.82, 2.24) is 9.80 Å². The highest BCUT2D eigenvalue weighted by molar-refractivity contribution is 7.92. The maximum Gasteiger partial charge on any atom is 0.322 e. The van der Waals surface area contributed by atoms with Crippen LogP contribution >= 0.6 is 12.4 Å². The minimum atomic E-state index is -3.31. The molecule has 0 aliphatic carbocycles. The van der Waals surface area contributed by atoms with E-state index in [1.807, 2.05) is 12.1 Å². The maximum absolute atomic E-state index is 13.5. The van der Waals surface area contributed by atoms with Crippen molar-refractivity contribution in [1.29, 1.82) is 0 Å². The lowest BCUT2D eigenvalue weighted by atomic mass is 10.0. The molecule has 1 heterocycles. The van der Waals surface area contributed by atoms with Crippen molar-refractivity contribution in [2.24, 2.45) is 0 Å². The van der Waals surface area contributed by atoms with Crippen molar-refractivity contribution in [2.45, 2.75) is 66.0 Å². The van der Waals surface area contributed by atoms with Crippen molar-refractivity contribution in [3.05, 3.63) is 82.9 Å². The molecule has 0 unspecified atom stereocenters. The van der Waals surface area contributed by atoms with E-state index in [1.165, 1.54) is 11.1 Å². The van der Waals surface area contributed by atoms with E-state index >= 15 is 0 Å². The second kappa shape index (κ2) is 15.5. The van der Waals surface area contributed by atoms with Crippen LogP contribution < -0.4 is 14.8 Å². The summed E-state index contributed by atoms with van der Waals surface area (Å²) in [6.07, 6.45) is 5.08. The van der Waals surface area contributed by atoms with E-state index in [0.29, 0.717) is 11.4 Å². The number of nitrogens with zero attached hydrogens (tertiary/aromatic N) is 2. The van der Waals surface area contributed by atoms with Crippen LogP contribution in [0.4, 0.5) is 16.2 Å². The standard InChI is InChI=1S/C33H44N4O4S.ClH/c1-6-7-18-37(33(38)34-32-25(3)21-24(2)22-26(32)4)29-16-19-36(20-17-29)23-27-8-12-30(13-9-27)41-31-14-10-28(11-15-31)35-42(5,39)40;/h8-15,21-22,29,35H,6-7,16-20,23H2,1-5H3,(H,34,38);1H. The third-order valence-electron chi connectivity index (χ3n) is 7.64. The average Bonchev–Trinajstić information content (AvgIpc) is 2.93. The van der Waals surface area contributed by atoms with Gasteiger partial charge in [-0.25, -0.2) is 13.2 Å². The number of likely N-dealkylation sites (tertiary alicyclic amines) is 1. The lowest BCUT2D eigenvalue weighted by molar-refractivity contribution is 0.122. The normalized spacial score (nSPS) is 14.1. The van der Waals surface area contributed by atoms with Gasteiger partial charge in [0.25, 0.3) is 0 Å². The number of urea groups is 1. The molecular formula is C33H45ClN4O4S.